The van der Waals surface area contributed by atoms with Gasteiger partial charge in [-0.2, -0.15) is 5.10 Å². The lowest BCUT2D eigenvalue weighted by Crippen LogP contribution is -2.24. The number of aliphatic carboxylic acids is 1. The smallest absolute Gasteiger partial charge is 0.328 e. The van der Waals surface area contributed by atoms with Gasteiger partial charge in [-0.15, -0.1) is 0 Å². The van der Waals surface area contributed by atoms with E-state index in [4.69, 9.17) is 14.6 Å². The average molecular weight is 317 g/mol. The van der Waals surface area contributed by atoms with E-state index in [9.17, 15) is 9.59 Å². The van der Waals surface area contributed by atoms with Crippen LogP contribution >= 0.6 is 0 Å². The third-order valence-corrected chi connectivity index (χ3v) is 3.43. The number of fused-ring (bicyclic) bond motifs is 1. The highest BCUT2D eigenvalue weighted by atomic mass is 16.6. The molecule has 1 aromatic carbocycles. The van der Waals surface area contributed by atoms with Crippen LogP contribution in [-0.2, 0) is 4.79 Å². The molecule has 1 amide bonds. The number of carbonyl (C=O) groups excluding carboxylic acids is 1. The predicted octanol–water partition coefficient (Wildman–Crippen LogP) is 1.55. The van der Waals surface area contributed by atoms with Gasteiger partial charge in [0.15, 0.2) is 11.5 Å². The molecule has 1 atom stereocenters. The van der Waals surface area contributed by atoms with E-state index in [2.05, 4.69) is 10.4 Å². The van der Waals surface area contributed by atoms with Gasteiger partial charge in [-0.3, -0.25) is 4.79 Å². The Morgan fingerprint density at radius 1 is 1.26 bits per heavy atom. The molecule has 1 aliphatic rings. The zero-order valence-electron chi connectivity index (χ0n) is 12.4. The topological polar surface area (TPSA) is 103 Å². The van der Waals surface area contributed by atoms with E-state index in [-0.39, 0.29) is 5.69 Å². The first-order valence-electron chi connectivity index (χ1n) is 7.03. The van der Waals surface area contributed by atoms with Crippen LogP contribution in [0.5, 0.6) is 11.5 Å². The number of aromatic nitrogens is 2. The lowest BCUT2D eigenvalue weighted by atomic mass is 10.2. The number of anilines is 1. The second-order valence-electron chi connectivity index (χ2n) is 4.99. The number of ether oxygens (including phenoxy) is 2. The van der Waals surface area contributed by atoms with Crippen LogP contribution in [0.4, 0.5) is 5.69 Å². The van der Waals surface area contributed by atoms with Crippen molar-refractivity contribution in [3.05, 3.63) is 36.2 Å². The maximum Gasteiger partial charge on any atom is 0.328 e. The molecule has 8 heteroatoms. The molecule has 0 fully saturated rings. The zero-order chi connectivity index (χ0) is 16.4. The molecule has 1 aromatic heterocycles. The summed E-state index contributed by atoms with van der Waals surface area (Å²) in [6.45, 7) is 2.40. The van der Waals surface area contributed by atoms with Gasteiger partial charge in [0, 0.05) is 18.0 Å². The van der Waals surface area contributed by atoms with Gasteiger partial charge < -0.3 is 19.9 Å². The minimum atomic E-state index is -1.07. The minimum absolute atomic E-state index is 0.162. The van der Waals surface area contributed by atoms with Crippen LogP contribution in [0.2, 0.25) is 0 Å². The maximum absolute atomic E-state index is 12.4. The second-order valence-corrected chi connectivity index (χ2v) is 4.99. The van der Waals surface area contributed by atoms with E-state index in [0.29, 0.717) is 30.4 Å². The highest BCUT2D eigenvalue weighted by Gasteiger charge is 2.21. The molecule has 8 nitrogen and oxygen atoms in total. The van der Waals surface area contributed by atoms with Crippen LogP contribution in [0.1, 0.15) is 23.5 Å². The average Bonchev–Trinajstić information content (AvgIpc) is 3.03. The number of amides is 1. The zero-order valence-corrected chi connectivity index (χ0v) is 12.4. The molecule has 0 saturated carbocycles. The van der Waals surface area contributed by atoms with Crippen molar-refractivity contribution in [2.24, 2.45) is 0 Å². The van der Waals surface area contributed by atoms with Crippen molar-refractivity contribution in [3.63, 3.8) is 0 Å². The molecule has 2 heterocycles. The lowest BCUT2D eigenvalue weighted by Gasteiger charge is -2.19. The number of carboxylic acids is 1. The van der Waals surface area contributed by atoms with Gasteiger partial charge in [0.2, 0.25) is 0 Å². The fourth-order valence-corrected chi connectivity index (χ4v) is 2.22. The summed E-state index contributed by atoms with van der Waals surface area (Å²) in [5, 5.41) is 15.7. The third-order valence-electron chi connectivity index (χ3n) is 3.43. The molecule has 0 spiro atoms. The number of carboxylic acid groups (broad SMARTS) is 1. The lowest BCUT2D eigenvalue weighted by molar-refractivity contribution is -0.140. The molecule has 23 heavy (non-hydrogen) atoms. The van der Waals surface area contributed by atoms with E-state index >= 15 is 0 Å². The van der Waals surface area contributed by atoms with Crippen LogP contribution < -0.4 is 14.8 Å². The van der Waals surface area contributed by atoms with Gasteiger partial charge in [-0.05, 0) is 25.1 Å². The molecular formula is C15H15N3O5. The fraction of sp³-hybridized carbons (Fsp3) is 0.267. The predicted molar refractivity (Wildman–Crippen MR) is 80.0 cm³/mol. The first-order valence-corrected chi connectivity index (χ1v) is 7.03. The van der Waals surface area contributed by atoms with Crippen molar-refractivity contribution >= 4 is 17.6 Å². The highest BCUT2D eigenvalue weighted by molar-refractivity contribution is 6.03. The van der Waals surface area contributed by atoms with Gasteiger partial charge in [0.1, 0.15) is 24.9 Å². The number of hydrogen-bond acceptors (Lipinski definition) is 5. The standard InChI is InChI=1S/C15H15N3O5/c1-9(15(20)21)18-11(4-5-16-18)14(19)17-10-2-3-12-13(8-10)23-7-6-22-12/h2-5,8-9H,6-7H2,1H3,(H,17,19)(H,20,21). The van der Waals surface area contributed by atoms with E-state index in [1.165, 1.54) is 19.2 Å². The second kappa shape index (κ2) is 5.99. The van der Waals surface area contributed by atoms with Crippen molar-refractivity contribution < 1.29 is 24.2 Å². The maximum atomic E-state index is 12.4. The van der Waals surface area contributed by atoms with E-state index in [1.807, 2.05) is 0 Å². The summed E-state index contributed by atoms with van der Waals surface area (Å²) < 4.78 is 12.0. The van der Waals surface area contributed by atoms with Crippen molar-refractivity contribution in [3.8, 4) is 11.5 Å². The fourth-order valence-electron chi connectivity index (χ4n) is 2.22. The Labute approximate surface area is 131 Å². The number of rotatable bonds is 4. The Morgan fingerprint density at radius 2 is 2.00 bits per heavy atom. The van der Waals surface area contributed by atoms with Crippen molar-refractivity contribution in [2.45, 2.75) is 13.0 Å². The first-order chi connectivity index (χ1) is 11.1. The first kappa shape index (κ1) is 14.9. The van der Waals surface area contributed by atoms with Crippen LogP contribution in [0.25, 0.3) is 0 Å². The molecule has 2 N–H and O–H groups in total. The molecule has 0 aliphatic carbocycles. The van der Waals surface area contributed by atoms with Gasteiger partial charge in [0.05, 0.1) is 0 Å². The molecule has 0 radical (unpaired) electrons. The Balaban J connectivity index is 1.80. The third kappa shape index (κ3) is 2.96. The van der Waals surface area contributed by atoms with Crippen LogP contribution in [-0.4, -0.2) is 40.0 Å². The summed E-state index contributed by atoms with van der Waals surface area (Å²) in [6, 6.07) is 5.58. The van der Waals surface area contributed by atoms with Crippen molar-refractivity contribution in [1.29, 1.82) is 0 Å². The molecule has 3 rings (SSSR count). The summed E-state index contributed by atoms with van der Waals surface area (Å²) >= 11 is 0. The SMILES string of the molecule is CC(C(=O)O)n1nccc1C(=O)Nc1ccc2c(c1)OCCO2. The van der Waals surface area contributed by atoms with Gasteiger partial charge in [-0.25, -0.2) is 9.48 Å². The number of carbonyl (C=O) groups is 2. The monoisotopic (exact) mass is 317 g/mol. The van der Waals surface area contributed by atoms with Gasteiger partial charge in [-0.1, -0.05) is 0 Å². The molecule has 0 bridgehead atoms. The number of nitrogens with one attached hydrogen (secondary N) is 1. The Morgan fingerprint density at radius 3 is 2.74 bits per heavy atom. The van der Waals surface area contributed by atoms with Crippen molar-refractivity contribution in [2.75, 3.05) is 18.5 Å². The Hall–Kier alpha value is -3.03. The van der Waals surface area contributed by atoms with E-state index < -0.39 is 17.9 Å². The van der Waals surface area contributed by atoms with E-state index in [1.54, 1.807) is 18.2 Å². The van der Waals surface area contributed by atoms with Crippen molar-refractivity contribution in [1.82, 2.24) is 9.78 Å². The number of benzene rings is 1. The molecule has 0 saturated heterocycles. The summed E-state index contributed by atoms with van der Waals surface area (Å²) in [7, 11) is 0. The molecule has 1 aliphatic heterocycles. The summed E-state index contributed by atoms with van der Waals surface area (Å²) in [6.07, 6.45) is 1.39. The van der Waals surface area contributed by atoms with Crippen LogP contribution in [0.15, 0.2) is 30.5 Å². The molecule has 2 aromatic rings. The molecule has 120 valence electrons. The van der Waals surface area contributed by atoms with Gasteiger partial charge >= 0.3 is 5.97 Å². The van der Waals surface area contributed by atoms with E-state index in [0.717, 1.165) is 4.68 Å². The Bertz CT molecular complexity index is 755. The summed E-state index contributed by atoms with van der Waals surface area (Å²) in [5.74, 6) is -0.338. The van der Waals surface area contributed by atoms with Crippen LogP contribution in [0, 0.1) is 0 Å². The summed E-state index contributed by atoms with van der Waals surface area (Å²) in [5.41, 5.74) is 0.685. The molecule has 1 unspecified atom stereocenters. The Kier molecular flexibility index (Phi) is 3.88. The minimum Gasteiger partial charge on any atom is -0.486 e. The molecular weight excluding hydrogens is 302 g/mol. The summed E-state index contributed by atoms with van der Waals surface area (Å²) in [4.78, 5) is 23.4. The van der Waals surface area contributed by atoms with Gasteiger partial charge in [0.25, 0.3) is 5.91 Å². The number of hydrogen-bond donors (Lipinski definition) is 2. The largest absolute Gasteiger partial charge is 0.486 e. The number of nitrogens with zero attached hydrogens (tertiary/aromatic N) is 2. The normalized spacial score (nSPS) is 14.1. The quantitative estimate of drug-likeness (QED) is 0.887. The highest BCUT2D eigenvalue weighted by Crippen LogP contribution is 2.32. The van der Waals surface area contributed by atoms with Crippen LogP contribution in [0.3, 0.4) is 0 Å².